The minimum absolute atomic E-state index is 0.131. The van der Waals surface area contributed by atoms with E-state index >= 15 is 0 Å². The van der Waals surface area contributed by atoms with E-state index in [1.54, 1.807) is 4.68 Å². The number of aromatic nitrogens is 4. The summed E-state index contributed by atoms with van der Waals surface area (Å²) >= 11 is 0. The zero-order valence-corrected chi connectivity index (χ0v) is 16.6. The Bertz CT molecular complexity index is 849. The van der Waals surface area contributed by atoms with Gasteiger partial charge in [-0.3, -0.25) is 14.2 Å². The summed E-state index contributed by atoms with van der Waals surface area (Å²) in [5, 5.41) is 9.25. The van der Waals surface area contributed by atoms with Crippen molar-refractivity contribution in [3.05, 3.63) is 35.4 Å². The number of hydrogen-bond acceptors (Lipinski definition) is 4. The summed E-state index contributed by atoms with van der Waals surface area (Å²) in [5.74, 6) is 1.83. The van der Waals surface area contributed by atoms with Gasteiger partial charge in [0.1, 0.15) is 0 Å². The van der Waals surface area contributed by atoms with Gasteiger partial charge in [-0.15, -0.1) is 0 Å². The smallest absolute Gasteiger partial charge is 0.228 e. The number of fused-ring (bicyclic) bond motifs is 1. The van der Waals surface area contributed by atoms with Gasteiger partial charge < -0.3 is 9.64 Å². The van der Waals surface area contributed by atoms with E-state index < -0.39 is 0 Å². The fourth-order valence-electron chi connectivity index (χ4n) is 4.03. The molecule has 0 spiro atoms. The third-order valence-electron chi connectivity index (χ3n) is 6.02. The normalized spacial score (nSPS) is 21.8. The van der Waals surface area contributed by atoms with E-state index in [2.05, 4.69) is 16.0 Å². The number of amides is 1. The lowest BCUT2D eigenvalue weighted by Crippen LogP contribution is -2.40. The topological polar surface area (TPSA) is 65.2 Å². The summed E-state index contributed by atoms with van der Waals surface area (Å²) in [6.07, 6.45) is 9.60. The van der Waals surface area contributed by atoms with Crippen molar-refractivity contribution < 1.29 is 9.53 Å². The average Bonchev–Trinajstić information content (AvgIpc) is 3.57. The second-order valence-electron chi connectivity index (χ2n) is 8.81. The van der Waals surface area contributed by atoms with Gasteiger partial charge in [0.2, 0.25) is 5.91 Å². The molecule has 0 N–H and O–H groups in total. The van der Waals surface area contributed by atoms with Crippen molar-refractivity contribution in [1.82, 2.24) is 24.5 Å². The molecule has 0 radical (unpaired) electrons. The Labute approximate surface area is 165 Å². The molecular weight excluding hydrogens is 354 g/mol. The Morgan fingerprint density at radius 1 is 1.18 bits per heavy atom. The summed E-state index contributed by atoms with van der Waals surface area (Å²) in [6, 6.07) is 1.91. The summed E-state index contributed by atoms with van der Waals surface area (Å²) in [4.78, 5) is 14.9. The molecule has 0 aromatic carbocycles. The largest absolute Gasteiger partial charge is 0.380 e. The standard InChI is InChI=1S/C21H29N5O2/c1-24-7-6-19(22-24)8-20(27)25-10-17-12-26(9-15-2-3-15)23-21(17)18(11-25)14-28-13-16-4-5-16/h6-7,12,15-16,18H,2-5,8-11,13-14H2,1H3/t18-/m1/s1. The maximum absolute atomic E-state index is 12.9. The van der Waals surface area contributed by atoms with Gasteiger partial charge in [-0.05, 0) is 43.6 Å². The zero-order chi connectivity index (χ0) is 19.1. The monoisotopic (exact) mass is 383 g/mol. The van der Waals surface area contributed by atoms with Crippen molar-refractivity contribution in [1.29, 1.82) is 0 Å². The highest BCUT2D eigenvalue weighted by Crippen LogP contribution is 2.33. The first kappa shape index (κ1) is 17.9. The van der Waals surface area contributed by atoms with Crippen LogP contribution in [0.4, 0.5) is 0 Å². The Morgan fingerprint density at radius 3 is 2.71 bits per heavy atom. The van der Waals surface area contributed by atoms with E-state index in [1.165, 1.54) is 31.2 Å². The predicted octanol–water partition coefficient (Wildman–Crippen LogP) is 2.12. The van der Waals surface area contributed by atoms with Crippen LogP contribution in [-0.4, -0.2) is 50.1 Å². The van der Waals surface area contributed by atoms with Gasteiger partial charge >= 0.3 is 0 Å². The third-order valence-corrected chi connectivity index (χ3v) is 6.02. The molecule has 1 amide bonds. The minimum Gasteiger partial charge on any atom is -0.380 e. The van der Waals surface area contributed by atoms with Gasteiger partial charge in [-0.25, -0.2) is 0 Å². The van der Waals surface area contributed by atoms with Crippen LogP contribution in [0.5, 0.6) is 0 Å². The molecule has 3 aliphatic rings. The van der Waals surface area contributed by atoms with Crippen molar-refractivity contribution in [3.63, 3.8) is 0 Å². The highest BCUT2D eigenvalue weighted by molar-refractivity contribution is 5.78. The van der Waals surface area contributed by atoms with Crippen LogP contribution in [-0.2, 0) is 36.1 Å². The SMILES string of the molecule is Cn1ccc(CC(=O)N2Cc3cn(CC4CC4)nc3[C@@H](COCC3CC3)C2)n1. The highest BCUT2D eigenvalue weighted by Gasteiger charge is 2.33. The predicted molar refractivity (Wildman–Crippen MR) is 104 cm³/mol. The molecule has 7 nitrogen and oxygen atoms in total. The molecule has 28 heavy (non-hydrogen) atoms. The van der Waals surface area contributed by atoms with Crippen LogP contribution >= 0.6 is 0 Å². The fraction of sp³-hybridized carbons (Fsp3) is 0.667. The quantitative estimate of drug-likeness (QED) is 0.700. The van der Waals surface area contributed by atoms with Gasteiger partial charge in [-0.2, -0.15) is 10.2 Å². The van der Waals surface area contributed by atoms with E-state index in [9.17, 15) is 4.79 Å². The molecule has 0 unspecified atom stereocenters. The Morgan fingerprint density at radius 2 is 2.00 bits per heavy atom. The molecule has 0 bridgehead atoms. The summed E-state index contributed by atoms with van der Waals surface area (Å²) in [7, 11) is 1.88. The van der Waals surface area contributed by atoms with E-state index in [-0.39, 0.29) is 11.8 Å². The van der Waals surface area contributed by atoms with E-state index in [0.717, 1.165) is 36.4 Å². The van der Waals surface area contributed by atoms with Gasteiger partial charge in [0.05, 0.1) is 24.4 Å². The van der Waals surface area contributed by atoms with Gasteiger partial charge in [-0.1, -0.05) is 0 Å². The van der Waals surface area contributed by atoms with Crippen LogP contribution < -0.4 is 0 Å². The van der Waals surface area contributed by atoms with Crippen LogP contribution in [0.1, 0.15) is 48.6 Å². The molecule has 2 saturated carbocycles. The number of nitrogens with zero attached hydrogens (tertiary/aromatic N) is 5. The zero-order valence-electron chi connectivity index (χ0n) is 16.6. The Kier molecular flexibility index (Phi) is 4.70. The molecule has 3 heterocycles. The van der Waals surface area contributed by atoms with Crippen molar-refractivity contribution in [2.24, 2.45) is 18.9 Å². The lowest BCUT2D eigenvalue weighted by atomic mass is 9.97. The number of aryl methyl sites for hydroxylation is 1. The van der Waals surface area contributed by atoms with Gasteiger partial charge in [0.15, 0.2) is 0 Å². The van der Waals surface area contributed by atoms with Crippen LogP contribution in [0, 0.1) is 11.8 Å². The first-order valence-electron chi connectivity index (χ1n) is 10.5. The van der Waals surface area contributed by atoms with E-state index in [1.807, 2.05) is 24.2 Å². The minimum atomic E-state index is 0.131. The van der Waals surface area contributed by atoms with E-state index in [0.29, 0.717) is 26.1 Å². The second kappa shape index (κ2) is 7.35. The van der Waals surface area contributed by atoms with Crippen molar-refractivity contribution in [2.45, 2.75) is 51.1 Å². The first-order chi connectivity index (χ1) is 13.6. The Balaban J connectivity index is 1.30. The molecule has 2 aromatic rings. The maximum atomic E-state index is 12.9. The number of carbonyl (C=O) groups is 1. The van der Waals surface area contributed by atoms with E-state index in [4.69, 9.17) is 9.84 Å². The average molecular weight is 383 g/mol. The number of carbonyl (C=O) groups excluding carboxylic acids is 1. The molecule has 5 rings (SSSR count). The molecule has 2 aromatic heterocycles. The molecule has 1 atom stereocenters. The molecule has 1 aliphatic heterocycles. The summed E-state index contributed by atoms with van der Waals surface area (Å²) in [5.41, 5.74) is 3.14. The van der Waals surface area contributed by atoms with Gasteiger partial charge in [0.25, 0.3) is 0 Å². The number of ether oxygens (including phenoxy) is 1. The maximum Gasteiger partial charge on any atom is 0.228 e. The van der Waals surface area contributed by atoms with Crippen molar-refractivity contribution in [2.75, 3.05) is 19.8 Å². The Hall–Kier alpha value is -2.15. The van der Waals surface area contributed by atoms with Crippen LogP contribution in [0.2, 0.25) is 0 Å². The molecule has 2 aliphatic carbocycles. The van der Waals surface area contributed by atoms with Crippen LogP contribution in [0.25, 0.3) is 0 Å². The summed E-state index contributed by atoms with van der Waals surface area (Å²) < 4.78 is 9.85. The van der Waals surface area contributed by atoms with Gasteiger partial charge in [0, 0.05) is 57.2 Å². The molecule has 7 heteroatoms. The first-order valence-corrected chi connectivity index (χ1v) is 10.5. The van der Waals surface area contributed by atoms with Crippen molar-refractivity contribution >= 4 is 5.91 Å². The van der Waals surface area contributed by atoms with Crippen LogP contribution in [0.3, 0.4) is 0 Å². The number of hydrogen-bond donors (Lipinski definition) is 0. The summed E-state index contributed by atoms with van der Waals surface area (Å²) in [6.45, 7) is 3.83. The molecule has 0 saturated heterocycles. The second-order valence-corrected chi connectivity index (χ2v) is 8.81. The third kappa shape index (κ3) is 4.14. The molecule has 2 fully saturated rings. The number of rotatable bonds is 8. The van der Waals surface area contributed by atoms with Crippen molar-refractivity contribution in [3.8, 4) is 0 Å². The molecule has 150 valence electrons. The lowest BCUT2D eigenvalue weighted by molar-refractivity contribution is -0.132. The van der Waals surface area contributed by atoms with Crippen LogP contribution in [0.15, 0.2) is 18.5 Å². The lowest BCUT2D eigenvalue weighted by Gasteiger charge is -2.32. The highest BCUT2D eigenvalue weighted by atomic mass is 16.5. The fourth-order valence-corrected chi connectivity index (χ4v) is 4.03. The molecular formula is C21H29N5O2.